The van der Waals surface area contributed by atoms with Crippen molar-refractivity contribution in [2.24, 2.45) is 0 Å². The van der Waals surface area contributed by atoms with Gasteiger partial charge < -0.3 is 9.72 Å². The van der Waals surface area contributed by atoms with E-state index in [1.165, 1.54) is 12.2 Å². The molecular formula is C13H12N2O2. The first kappa shape index (κ1) is 11.1. The molecule has 0 spiro atoms. The maximum absolute atomic E-state index is 12.1. The summed E-state index contributed by atoms with van der Waals surface area (Å²) in [4.78, 5) is 18.9. The van der Waals surface area contributed by atoms with Crippen molar-refractivity contribution in [2.75, 3.05) is 6.61 Å². The first-order valence-electron chi connectivity index (χ1n) is 5.12. The number of ketones is 1. The third kappa shape index (κ3) is 2.10. The summed E-state index contributed by atoms with van der Waals surface area (Å²) >= 11 is 0. The zero-order valence-electron chi connectivity index (χ0n) is 9.27. The van der Waals surface area contributed by atoms with Crippen LogP contribution in [0.4, 0.5) is 0 Å². The van der Waals surface area contributed by atoms with E-state index in [-0.39, 0.29) is 12.4 Å². The Morgan fingerprint density at radius 1 is 1.41 bits per heavy atom. The lowest BCUT2D eigenvalue weighted by molar-refractivity contribution is -0.113. The minimum absolute atomic E-state index is 0.0873. The summed E-state index contributed by atoms with van der Waals surface area (Å²) in [6, 6.07) is 0. The Hall–Kier alpha value is -2.36. The van der Waals surface area contributed by atoms with Gasteiger partial charge >= 0.3 is 0 Å². The molecule has 86 valence electrons. The zero-order chi connectivity index (χ0) is 12.3. The highest BCUT2D eigenvalue weighted by Crippen LogP contribution is 2.22. The van der Waals surface area contributed by atoms with Crippen LogP contribution >= 0.6 is 0 Å². The van der Waals surface area contributed by atoms with Gasteiger partial charge in [0, 0.05) is 5.57 Å². The highest BCUT2D eigenvalue weighted by atomic mass is 16.5. The smallest absolute Gasteiger partial charge is 0.196 e. The fraction of sp³-hybridized carbons (Fsp3) is 0.0769. The van der Waals surface area contributed by atoms with Crippen LogP contribution in [0.3, 0.4) is 0 Å². The van der Waals surface area contributed by atoms with E-state index in [2.05, 4.69) is 23.1 Å². The topological polar surface area (TPSA) is 55.0 Å². The number of carbonyl (C=O) groups is 1. The van der Waals surface area contributed by atoms with Crippen molar-refractivity contribution < 1.29 is 9.53 Å². The molecule has 1 aliphatic heterocycles. The predicted molar refractivity (Wildman–Crippen MR) is 64.9 cm³/mol. The van der Waals surface area contributed by atoms with E-state index < -0.39 is 0 Å². The van der Waals surface area contributed by atoms with Crippen LogP contribution in [-0.2, 0) is 9.53 Å². The average Bonchev–Trinajstić information content (AvgIpc) is 2.84. The van der Waals surface area contributed by atoms with E-state index in [9.17, 15) is 4.79 Å². The Labute approximate surface area is 99.0 Å². The van der Waals surface area contributed by atoms with Gasteiger partial charge in [-0.1, -0.05) is 19.2 Å². The minimum atomic E-state index is -0.0873. The van der Waals surface area contributed by atoms with E-state index in [0.717, 1.165) is 5.69 Å². The van der Waals surface area contributed by atoms with Crippen LogP contribution in [-0.4, -0.2) is 22.4 Å². The molecule has 1 aromatic heterocycles. The molecule has 2 rings (SSSR count). The summed E-state index contributed by atoms with van der Waals surface area (Å²) in [5, 5.41) is 0. The highest BCUT2D eigenvalue weighted by Gasteiger charge is 2.22. The second-order valence-corrected chi connectivity index (χ2v) is 3.48. The molecule has 2 heterocycles. The molecule has 4 nitrogen and oxygen atoms in total. The van der Waals surface area contributed by atoms with Gasteiger partial charge in [-0.25, -0.2) is 4.98 Å². The first-order valence-corrected chi connectivity index (χ1v) is 5.12. The van der Waals surface area contributed by atoms with Crippen molar-refractivity contribution >= 4 is 11.9 Å². The molecule has 4 heteroatoms. The normalized spacial score (nSPS) is 18.1. The third-order valence-electron chi connectivity index (χ3n) is 2.42. The summed E-state index contributed by atoms with van der Waals surface area (Å²) in [5.41, 5.74) is 1.77. The van der Waals surface area contributed by atoms with Crippen molar-refractivity contribution in [3.05, 3.63) is 60.4 Å². The van der Waals surface area contributed by atoms with E-state index >= 15 is 0 Å². The first-order chi connectivity index (χ1) is 8.26. The molecular weight excluding hydrogens is 216 g/mol. The van der Waals surface area contributed by atoms with Crippen molar-refractivity contribution in [3.8, 4) is 0 Å². The van der Waals surface area contributed by atoms with Crippen LogP contribution in [0.1, 0.15) is 5.69 Å². The fourth-order valence-corrected chi connectivity index (χ4v) is 1.59. The molecule has 1 aromatic rings. The Morgan fingerprint density at radius 3 is 2.82 bits per heavy atom. The largest absolute Gasteiger partial charge is 0.488 e. The van der Waals surface area contributed by atoms with E-state index in [4.69, 9.17) is 4.74 Å². The molecule has 0 saturated carbocycles. The van der Waals surface area contributed by atoms with Crippen molar-refractivity contribution in [2.45, 2.75) is 0 Å². The number of carbonyl (C=O) groups excluding carboxylic acids is 1. The molecule has 1 N–H and O–H groups in total. The zero-order valence-corrected chi connectivity index (χ0v) is 9.27. The molecule has 0 saturated heterocycles. The molecule has 0 unspecified atom stereocenters. The van der Waals surface area contributed by atoms with Gasteiger partial charge in [0.1, 0.15) is 12.4 Å². The molecule has 0 bridgehead atoms. The number of aromatic amines is 1. The number of nitrogens with zero attached hydrogens (tertiary/aromatic N) is 1. The van der Waals surface area contributed by atoms with Gasteiger partial charge in [0.25, 0.3) is 0 Å². The Kier molecular flexibility index (Phi) is 3.05. The van der Waals surface area contributed by atoms with E-state index in [1.807, 2.05) is 0 Å². The van der Waals surface area contributed by atoms with Crippen molar-refractivity contribution in [1.29, 1.82) is 0 Å². The van der Waals surface area contributed by atoms with Gasteiger partial charge in [-0.2, -0.15) is 0 Å². The van der Waals surface area contributed by atoms with Gasteiger partial charge in [0.05, 0.1) is 23.8 Å². The second-order valence-electron chi connectivity index (χ2n) is 3.48. The summed E-state index contributed by atoms with van der Waals surface area (Å²) in [5.74, 6) is 0.391. The van der Waals surface area contributed by atoms with Crippen LogP contribution in [0.2, 0.25) is 0 Å². The SMILES string of the molecule is C=CC1=C(C=C)C(=O)/C(=C/c2cnc[nH]2)CO1. The minimum Gasteiger partial charge on any atom is -0.488 e. The van der Waals surface area contributed by atoms with Gasteiger partial charge in [-0.15, -0.1) is 0 Å². The maximum atomic E-state index is 12.1. The standard InChI is InChI=1S/C13H12N2O2/c1-3-11-12(4-2)17-7-9(13(11)16)5-10-6-14-8-15-10/h3-6,8H,1-2,7H2,(H,14,15)/b9-5+. The van der Waals surface area contributed by atoms with Gasteiger partial charge in [0.2, 0.25) is 0 Å². The lowest BCUT2D eigenvalue weighted by Crippen LogP contribution is -2.18. The fourth-order valence-electron chi connectivity index (χ4n) is 1.59. The molecule has 17 heavy (non-hydrogen) atoms. The number of aromatic nitrogens is 2. The molecule has 0 fully saturated rings. The van der Waals surface area contributed by atoms with E-state index in [1.54, 1.807) is 18.6 Å². The highest BCUT2D eigenvalue weighted by molar-refractivity contribution is 6.13. The quantitative estimate of drug-likeness (QED) is 0.805. The number of imidazole rings is 1. The van der Waals surface area contributed by atoms with Gasteiger partial charge in [-0.3, -0.25) is 4.79 Å². The predicted octanol–water partition coefficient (Wildman–Crippen LogP) is 2.02. The maximum Gasteiger partial charge on any atom is 0.196 e. The molecule has 0 radical (unpaired) electrons. The van der Waals surface area contributed by atoms with E-state index in [0.29, 0.717) is 16.9 Å². The lowest BCUT2D eigenvalue weighted by atomic mass is 9.99. The summed E-state index contributed by atoms with van der Waals surface area (Å²) in [6.07, 6.45) is 7.92. The van der Waals surface area contributed by atoms with Crippen LogP contribution in [0.15, 0.2) is 54.7 Å². The molecule has 0 amide bonds. The van der Waals surface area contributed by atoms with Crippen LogP contribution in [0, 0.1) is 0 Å². The Morgan fingerprint density at radius 2 is 2.24 bits per heavy atom. The average molecular weight is 228 g/mol. The summed E-state index contributed by atoms with van der Waals surface area (Å²) in [7, 11) is 0. The Balaban J connectivity index is 2.37. The number of Topliss-reactive ketones (excluding diaryl/α,β-unsaturated/α-hetero) is 1. The second kappa shape index (κ2) is 4.65. The molecule has 0 atom stereocenters. The number of H-pyrrole nitrogens is 1. The number of hydrogen-bond acceptors (Lipinski definition) is 3. The number of nitrogens with one attached hydrogen (secondary N) is 1. The van der Waals surface area contributed by atoms with Gasteiger partial charge in [-0.05, 0) is 12.2 Å². The van der Waals surface area contributed by atoms with Gasteiger partial charge in [0.15, 0.2) is 5.78 Å². The lowest BCUT2D eigenvalue weighted by Gasteiger charge is -2.18. The molecule has 1 aliphatic rings. The number of hydrogen-bond donors (Lipinski definition) is 1. The summed E-state index contributed by atoms with van der Waals surface area (Å²) < 4.78 is 5.43. The van der Waals surface area contributed by atoms with Crippen LogP contribution < -0.4 is 0 Å². The van der Waals surface area contributed by atoms with Crippen LogP contribution in [0.25, 0.3) is 6.08 Å². The monoisotopic (exact) mass is 228 g/mol. The molecule has 0 aromatic carbocycles. The van der Waals surface area contributed by atoms with Crippen LogP contribution in [0.5, 0.6) is 0 Å². The van der Waals surface area contributed by atoms with Crippen molar-refractivity contribution in [3.63, 3.8) is 0 Å². The number of ether oxygens (including phenoxy) is 1. The Bertz CT molecular complexity index is 522. The van der Waals surface area contributed by atoms with Crippen molar-refractivity contribution in [1.82, 2.24) is 9.97 Å². The third-order valence-corrected chi connectivity index (χ3v) is 2.42. The number of allylic oxidation sites excluding steroid dienone is 3. The number of rotatable bonds is 3. The molecule has 0 aliphatic carbocycles. The summed E-state index contributed by atoms with van der Waals surface area (Å²) in [6.45, 7) is 7.44.